The zero-order valence-corrected chi connectivity index (χ0v) is 27.5. The number of methoxy groups -OCH3 is 1. The fourth-order valence-electron chi connectivity index (χ4n) is 6.60. The third kappa shape index (κ3) is 6.22. The molecule has 0 radical (unpaired) electrons. The van der Waals surface area contributed by atoms with Gasteiger partial charge in [0.05, 0.1) is 40.0 Å². The van der Waals surface area contributed by atoms with Crippen LogP contribution in [0.15, 0.2) is 36.9 Å². The van der Waals surface area contributed by atoms with Crippen LogP contribution in [0.25, 0.3) is 32.1 Å². The van der Waals surface area contributed by atoms with Gasteiger partial charge < -0.3 is 25.0 Å². The van der Waals surface area contributed by atoms with Gasteiger partial charge >= 0.3 is 12.2 Å². The third-order valence-corrected chi connectivity index (χ3v) is 10.3. The van der Waals surface area contributed by atoms with Gasteiger partial charge in [0.15, 0.2) is 0 Å². The summed E-state index contributed by atoms with van der Waals surface area (Å²) < 4.78 is 86.5. The van der Waals surface area contributed by atoms with Crippen molar-refractivity contribution < 1.29 is 36.2 Å². The number of hydrogen-bond donors (Lipinski definition) is 1. The Morgan fingerprint density at radius 2 is 2.00 bits per heavy atom. The normalized spacial score (nSPS) is 21.4. The maximum absolute atomic E-state index is 15.4. The van der Waals surface area contributed by atoms with E-state index in [-0.39, 0.29) is 86.4 Å². The number of likely N-dealkylation sites (N-methyl/N-ethyl adjacent to an activating group) is 2. The van der Waals surface area contributed by atoms with Crippen molar-refractivity contribution in [2.75, 3.05) is 58.1 Å². The van der Waals surface area contributed by atoms with E-state index in [9.17, 15) is 27.6 Å². The summed E-state index contributed by atoms with van der Waals surface area (Å²) in [4.78, 5) is 26.0. The van der Waals surface area contributed by atoms with E-state index in [0.717, 1.165) is 29.5 Å². The lowest BCUT2D eigenvalue weighted by molar-refractivity contribution is -0.137. The monoisotopic (exact) mass is 701 g/mol. The number of aromatic nitrogens is 2. The van der Waals surface area contributed by atoms with E-state index in [2.05, 4.69) is 16.5 Å². The van der Waals surface area contributed by atoms with Crippen LogP contribution in [-0.2, 0) is 15.7 Å². The molecule has 4 heterocycles. The van der Waals surface area contributed by atoms with E-state index in [4.69, 9.17) is 15.2 Å². The highest BCUT2D eigenvalue weighted by molar-refractivity contribution is 7.23. The van der Waals surface area contributed by atoms with E-state index in [0.29, 0.717) is 13.0 Å². The smallest absolute Gasteiger partial charge is 0.417 e. The number of nitrogens with two attached hydrogens (primary N) is 1. The van der Waals surface area contributed by atoms with Crippen LogP contribution in [0.5, 0.6) is 6.01 Å². The summed E-state index contributed by atoms with van der Waals surface area (Å²) in [6.07, 6.45) is -4.77. The number of thiophene rings is 1. The van der Waals surface area contributed by atoms with Crippen molar-refractivity contribution in [3.8, 4) is 23.2 Å². The molecule has 10 nitrogen and oxygen atoms in total. The van der Waals surface area contributed by atoms with Crippen molar-refractivity contribution in [2.45, 2.75) is 37.0 Å². The van der Waals surface area contributed by atoms with Gasteiger partial charge in [0.2, 0.25) is 5.91 Å². The second-order valence-electron chi connectivity index (χ2n) is 12.1. The standard InChI is InChI=1S/C33H32F5N7O3S/c1-5-27(46)45-13-24(35)26(14-45)44(3)31-20-9-22(33(36,37)38)19(18-6-7-23(34)29-28(18)21(11-39)30(40)49-29)10-25(20)41-32(42-31)48-15-16-8-17(47-4)12-43(16)2/h5-7,9-10,16-17,24,26H,1,8,12-15,40H2,2-4H3/t16-,17+,24+,26-/m0/s1. The summed E-state index contributed by atoms with van der Waals surface area (Å²) in [7, 11) is 5.01. The fourth-order valence-corrected chi connectivity index (χ4v) is 7.55. The summed E-state index contributed by atoms with van der Waals surface area (Å²) >= 11 is 0.767. The summed E-state index contributed by atoms with van der Waals surface area (Å²) in [5.74, 6) is -1.26. The van der Waals surface area contributed by atoms with Crippen LogP contribution >= 0.6 is 11.3 Å². The zero-order valence-electron chi connectivity index (χ0n) is 26.7. The molecule has 2 aliphatic heterocycles. The molecule has 0 spiro atoms. The molecule has 258 valence electrons. The number of benzene rings is 2. The number of nitriles is 1. The van der Waals surface area contributed by atoms with Crippen LogP contribution in [0.1, 0.15) is 17.5 Å². The molecule has 0 unspecified atom stereocenters. The first-order valence-corrected chi connectivity index (χ1v) is 16.0. The maximum Gasteiger partial charge on any atom is 0.417 e. The molecule has 0 saturated carbocycles. The molecule has 2 aliphatic rings. The highest BCUT2D eigenvalue weighted by Crippen LogP contribution is 2.46. The Kier molecular flexibility index (Phi) is 9.12. The van der Waals surface area contributed by atoms with Gasteiger partial charge in [-0.3, -0.25) is 9.69 Å². The molecule has 2 saturated heterocycles. The zero-order chi connectivity index (χ0) is 35.4. The minimum absolute atomic E-state index is 0.0109. The van der Waals surface area contributed by atoms with E-state index < -0.39 is 35.7 Å². The number of hydrogen-bond acceptors (Lipinski definition) is 10. The van der Waals surface area contributed by atoms with Gasteiger partial charge in [0.25, 0.3) is 0 Å². The van der Waals surface area contributed by atoms with Crippen molar-refractivity contribution in [2.24, 2.45) is 0 Å². The lowest BCUT2D eigenvalue weighted by atomic mass is 9.93. The Bertz CT molecular complexity index is 2000. The van der Waals surface area contributed by atoms with Crippen LogP contribution in [0.3, 0.4) is 0 Å². The van der Waals surface area contributed by atoms with Crippen molar-refractivity contribution in [3.05, 3.63) is 53.9 Å². The van der Waals surface area contributed by atoms with Crippen molar-refractivity contribution in [1.82, 2.24) is 19.8 Å². The number of alkyl halides is 4. The minimum Gasteiger partial charge on any atom is -0.462 e. The second-order valence-corrected chi connectivity index (χ2v) is 13.2. The molecule has 1 amide bonds. The Hall–Kier alpha value is -4.59. The van der Waals surface area contributed by atoms with E-state index in [1.54, 1.807) is 7.11 Å². The average Bonchev–Trinajstić information content (AvgIpc) is 3.75. The molecule has 2 N–H and O–H groups in total. The number of halogens is 5. The minimum atomic E-state index is -4.93. The molecule has 2 fully saturated rings. The Labute approximate surface area is 282 Å². The summed E-state index contributed by atoms with van der Waals surface area (Å²) in [5, 5.41) is 9.67. The predicted octanol–water partition coefficient (Wildman–Crippen LogP) is 5.39. The number of amides is 1. The predicted molar refractivity (Wildman–Crippen MR) is 176 cm³/mol. The Morgan fingerprint density at radius 3 is 2.65 bits per heavy atom. The van der Waals surface area contributed by atoms with Gasteiger partial charge in [0.1, 0.15) is 35.5 Å². The van der Waals surface area contributed by atoms with Crippen LogP contribution in [0, 0.1) is 17.1 Å². The second kappa shape index (κ2) is 13.0. The van der Waals surface area contributed by atoms with Gasteiger partial charge in [-0.1, -0.05) is 12.6 Å². The average molecular weight is 702 g/mol. The number of fused-ring (bicyclic) bond motifs is 2. The van der Waals surface area contributed by atoms with Crippen LogP contribution in [-0.4, -0.2) is 97.5 Å². The molecule has 0 aliphatic carbocycles. The van der Waals surface area contributed by atoms with Crippen LogP contribution < -0.4 is 15.4 Å². The number of ether oxygens (including phenoxy) is 2. The van der Waals surface area contributed by atoms with Gasteiger partial charge in [-0.25, -0.2) is 8.78 Å². The highest BCUT2D eigenvalue weighted by atomic mass is 32.1. The maximum atomic E-state index is 15.4. The first kappa shape index (κ1) is 34.3. The molecule has 4 atom stereocenters. The number of carbonyl (C=O) groups excluding carboxylic acids is 1. The summed E-state index contributed by atoms with van der Waals surface area (Å²) in [5.41, 5.74) is 4.31. The van der Waals surface area contributed by atoms with Crippen LogP contribution in [0.4, 0.5) is 32.8 Å². The lowest BCUT2D eigenvalue weighted by Gasteiger charge is -2.28. The SMILES string of the molecule is C=CC(=O)N1C[C@@H](F)[C@@H](N(C)c2nc(OC[C@@H]3C[C@@H](OC)CN3C)nc3cc(-c4ccc(F)c5sc(N)c(C#N)c45)c(C(F)(F)F)cc23)C1. The molecule has 2 aromatic heterocycles. The van der Waals surface area contributed by atoms with E-state index in [1.165, 1.54) is 29.0 Å². The molecule has 4 aromatic rings. The first-order valence-electron chi connectivity index (χ1n) is 15.2. The number of carbonyl (C=O) groups is 1. The van der Waals surface area contributed by atoms with E-state index >= 15 is 4.39 Å². The number of nitrogens with zero attached hydrogens (tertiary/aromatic N) is 6. The van der Waals surface area contributed by atoms with Gasteiger partial charge in [-0.2, -0.15) is 28.4 Å². The molecule has 16 heteroatoms. The summed E-state index contributed by atoms with van der Waals surface area (Å²) in [6, 6.07) is 4.94. The topological polar surface area (TPSA) is 121 Å². The van der Waals surface area contributed by atoms with Gasteiger partial charge in [-0.05, 0) is 48.9 Å². The molecular formula is C33H32F5N7O3S. The van der Waals surface area contributed by atoms with Gasteiger partial charge in [0, 0.05) is 44.1 Å². The molecule has 49 heavy (non-hydrogen) atoms. The molecule has 2 aromatic carbocycles. The molecule has 6 rings (SSSR count). The number of nitrogen functional groups attached to an aromatic ring is 1. The Balaban J connectivity index is 1.54. The van der Waals surface area contributed by atoms with E-state index in [1.807, 2.05) is 18.0 Å². The lowest BCUT2D eigenvalue weighted by Crippen LogP contribution is -2.40. The number of likely N-dealkylation sites (tertiary alicyclic amines) is 2. The highest BCUT2D eigenvalue weighted by Gasteiger charge is 2.40. The number of anilines is 2. The summed E-state index contributed by atoms with van der Waals surface area (Å²) in [6.45, 7) is 3.96. The number of rotatable bonds is 8. The largest absolute Gasteiger partial charge is 0.462 e. The first-order chi connectivity index (χ1) is 23.2. The van der Waals surface area contributed by atoms with Crippen LogP contribution in [0.2, 0.25) is 0 Å². The molecular weight excluding hydrogens is 669 g/mol. The fraction of sp³-hybridized carbons (Fsp3) is 0.394. The van der Waals surface area contributed by atoms with Crippen molar-refractivity contribution in [3.63, 3.8) is 0 Å². The third-order valence-electron chi connectivity index (χ3n) is 9.25. The van der Waals surface area contributed by atoms with Crippen molar-refractivity contribution in [1.29, 1.82) is 5.26 Å². The molecule has 0 bridgehead atoms. The quantitative estimate of drug-likeness (QED) is 0.190. The Morgan fingerprint density at radius 1 is 1.24 bits per heavy atom. The van der Waals surface area contributed by atoms with Crippen molar-refractivity contribution >= 4 is 49.1 Å². The van der Waals surface area contributed by atoms with Gasteiger partial charge in [-0.15, -0.1) is 11.3 Å².